The Morgan fingerprint density at radius 2 is 1.74 bits per heavy atom. The molecule has 0 bridgehead atoms. The normalized spacial score (nSPS) is 13.1. The van der Waals surface area contributed by atoms with E-state index in [-0.39, 0.29) is 0 Å². The third-order valence-electron chi connectivity index (χ3n) is 4.34. The van der Waals surface area contributed by atoms with Gasteiger partial charge in [0, 0.05) is 0 Å². The van der Waals surface area contributed by atoms with Gasteiger partial charge in [-0.15, -0.1) is 0 Å². The molecule has 1 aliphatic rings. The molecule has 3 heteroatoms. The van der Waals surface area contributed by atoms with Crippen molar-refractivity contribution >= 4 is 5.57 Å². The largest absolute Gasteiger partial charge is 0.497 e. The molecule has 2 aromatic rings. The molecule has 0 heterocycles. The number of methoxy groups -OCH3 is 3. The maximum atomic E-state index is 5.50. The minimum atomic E-state index is 0.768. The molecular weight excluding hydrogens is 288 g/mol. The van der Waals surface area contributed by atoms with Gasteiger partial charge in [0.05, 0.1) is 21.3 Å². The molecule has 0 N–H and O–H groups in total. The van der Waals surface area contributed by atoms with Crippen molar-refractivity contribution < 1.29 is 14.2 Å². The summed E-state index contributed by atoms with van der Waals surface area (Å²) in [5.74, 6) is 2.47. The fraction of sp³-hybridized carbons (Fsp3) is 0.300. The van der Waals surface area contributed by atoms with Crippen LogP contribution in [-0.4, -0.2) is 21.3 Å². The molecule has 3 nitrogen and oxygen atoms in total. The number of fused-ring (bicyclic) bond motifs is 1. The predicted octanol–water partition coefficient (Wildman–Crippen LogP) is 4.40. The summed E-state index contributed by atoms with van der Waals surface area (Å²) >= 11 is 0. The van der Waals surface area contributed by atoms with E-state index in [2.05, 4.69) is 30.3 Å². The second kappa shape index (κ2) is 6.37. The summed E-state index contributed by atoms with van der Waals surface area (Å²) < 4.78 is 16.3. The second-order valence-electron chi connectivity index (χ2n) is 5.71. The van der Waals surface area contributed by atoms with Crippen molar-refractivity contribution in [1.29, 1.82) is 0 Å². The smallest absolute Gasteiger partial charge is 0.163 e. The monoisotopic (exact) mass is 310 g/mol. The van der Waals surface area contributed by atoms with Crippen LogP contribution in [-0.2, 0) is 6.42 Å². The fourth-order valence-corrected chi connectivity index (χ4v) is 3.23. The maximum Gasteiger partial charge on any atom is 0.163 e. The zero-order valence-corrected chi connectivity index (χ0v) is 14.1. The van der Waals surface area contributed by atoms with Crippen LogP contribution in [0.3, 0.4) is 0 Å². The SMILES string of the molecule is COc1ccc2c(c1)CCC=C2c1cc(C)c(OC)c(OC)c1. The molecular formula is C20H22O3. The van der Waals surface area contributed by atoms with Crippen molar-refractivity contribution in [3.8, 4) is 17.2 Å². The topological polar surface area (TPSA) is 27.7 Å². The van der Waals surface area contributed by atoms with Crippen LogP contribution >= 0.6 is 0 Å². The van der Waals surface area contributed by atoms with E-state index < -0.39 is 0 Å². The molecule has 0 saturated carbocycles. The van der Waals surface area contributed by atoms with E-state index >= 15 is 0 Å². The van der Waals surface area contributed by atoms with Gasteiger partial charge in [-0.1, -0.05) is 12.1 Å². The summed E-state index contributed by atoms with van der Waals surface area (Å²) in [6.07, 6.45) is 4.38. The quantitative estimate of drug-likeness (QED) is 0.838. The van der Waals surface area contributed by atoms with Crippen LogP contribution < -0.4 is 14.2 Å². The van der Waals surface area contributed by atoms with E-state index in [0.29, 0.717) is 0 Å². The molecule has 1 aliphatic carbocycles. The number of hydrogen-bond donors (Lipinski definition) is 0. The molecule has 0 spiro atoms. The zero-order valence-electron chi connectivity index (χ0n) is 14.1. The zero-order chi connectivity index (χ0) is 16.4. The molecule has 0 aliphatic heterocycles. The van der Waals surface area contributed by atoms with Crippen molar-refractivity contribution in [1.82, 2.24) is 0 Å². The third kappa shape index (κ3) is 2.79. The van der Waals surface area contributed by atoms with Crippen molar-refractivity contribution in [3.63, 3.8) is 0 Å². The van der Waals surface area contributed by atoms with E-state index in [4.69, 9.17) is 14.2 Å². The first-order valence-corrected chi connectivity index (χ1v) is 7.78. The van der Waals surface area contributed by atoms with Gasteiger partial charge in [-0.2, -0.15) is 0 Å². The Bertz CT molecular complexity index is 760. The molecule has 0 aromatic heterocycles. The summed E-state index contributed by atoms with van der Waals surface area (Å²) in [5.41, 5.74) is 6.07. The van der Waals surface area contributed by atoms with E-state index in [0.717, 1.165) is 41.2 Å². The summed E-state index contributed by atoms with van der Waals surface area (Å²) in [6.45, 7) is 2.04. The van der Waals surface area contributed by atoms with Crippen molar-refractivity contribution in [3.05, 3.63) is 58.7 Å². The van der Waals surface area contributed by atoms with Gasteiger partial charge in [0.1, 0.15) is 5.75 Å². The van der Waals surface area contributed by atoms with Crippen molar-refractivity contribution in [2.75, 3.05) is 21.3 Å². The molecule has 23 heavy (non-hydrogen) atoms. The highest BCUT2D eigenvalue weighted by atomic mass is 16.5. The van der Waals surface area contributed by atoms with Crippen LogP contribution in [0.25, 0.3) is 5.57 Å². The average molecular weight is 310 g/mol. The lowest BCUT2D eigenvalue weighted by atomic mass is 9.86. The Morgan fingerprint density at radius 3 is 2.43 bits per heavy atom. The lowest BCUT2D eigenvalue weighted by molar-refractivity contribution is 0.353. The van der Waals surface area contributed by atoms with E-state index in [1.165, 1.54) is 16.7 Å². The van der Waals surface area contributed by atoms with E-state index in [1.54, 1.807) is 21.3 Å². The number of hydrogen-bond acceptors (Lipinski definition) is 3. The number of rotatable bonds is 4. The molecule has 0 atom stereocenters. The average Bonchev–Trinajstić information content (AvgIpc) is 2.59. The number of allylic oxidation sites excluding steroid dienone is 1. The van der Waals surface area contributed by atoms with Gasteiger partial charge in [0.15, 0.2) is 11.5 Å². The summed E-state index contributed by atoms with van der Waals surface area (Å²) in [5, 5.41) is 0. The Hall–Kier alpha value is -2.42. The van der Waals surface area contributed by atoms with Gasteiger partial charge in [-0.25, -0.2) is 0 Å². The molecule has 0 unspecified atom stereocenters. The van der Waals surface area contributed by atoms with Crippen LogP contribution in [0.15, 0.2) is 36.4 Å². The maximum absolute atomic E-state index is 5.50. The van der Waals surface area contributed by atoms with Gasteiger partial charge in [-0.3, -0.25) is 0 Å². The summed E-state index contributed by atoms with van der Waals surface area (Å²) in [4.78, 5) is 0. The first-order valence-electron chi connectivity index (χ1n) is 7.78. The number of aryl methyl sites for hydroxylation is 2. The predicted molar refractivity (Wildman–Crippen MR) is 92.7 cm³/mol. The highest BCUT2D eigenvalue weighted by Gasteiger charge is 2.18. The van der Waals surface area contributed by atoms with Gasteiger partial charge in [0.2, 0.25) is 0 Å². The van der Waals surface area contributed by atoms with Crippen LogP contribution in [0.2, 0.25) is 0 Å². The van der Waals surface area contributed by atoms with Crippen LogP contribution in [0.5, 0.6) is 17.2 Å². The van der Waals surface area contributed by atoms with Gasteiger partial charge in [-0.05, 0) is 71.9 Å². The first-order chi connectivity index (χ1) is 11.2. The molecule has 0 amide bonds. The molecule has 2 aromatic carbocycles. The van der Waals surface area contributed by atoms with Crippen LogP contribution in [0, 0.1) is 6.92 Å². The van der Waals surface area contributed by atoms with Crippen molar-refractivity contribution in [2.45, 2.75) is 19.8 Å². The van der Waals surface area contributed by atoms with Crippen LogP contribution in [0.4, 0.5) is 0 Å². The van der Waals surface area contributed by atoms with Gasteiger partial charge >= 0.3 is 0 Å². The van der Waals surface area contributed by atoms with Gasteiger partial charge in [0.25, 0.3) is 0 Å². The molecule has 0 radical (unpaired) electrons. The minimum absolute atomic E-state index is 0.768. The highest BCUT2D eigenvalue weighted by Crippen LogP contribution is 2.39. The molecule has 0 fully saturated rings. The lowest BCUT2D eigenvalue weighted by Crippen LogP contribution is -2.03. The fourth-order valence-electron chi connectivity index (χ4n) is 3.23. The second-order valence-corrected chi connectivity index (χ2v) is 5.71. The van der Waals surface area contributed by atoms with Gasteiger partial charge < -0.3 is 14.2 Å². The Morgan fingerprint density at radius 1 is 0.913 bits per heavy atom. The number of benzene rings is 2. The summed E-state index contributed by atoms with van der Waals surface area (Å²) in [6, 6.07) is 10.5. The summed E-state index contributed by atoms with van der Waals surface area (Å²) in [7, 11) is 5.06. The van der Waals surface area contributed by atoms with E-state index in [1.807, 2.05) is 13.0 Å². The highest BCUT2D eigenvalue weighted by molar-refractivity contribution is 5.84. The lowest BCUT2D eigenvalue weighted by Gasteiger charge is -2.21. The van der Waals surface area contributed by atoms with E-state index in [9.17, 15) is 0 Å². The van der Waals surface area contributed by atoms with Crippen LogP contribution in [0.1, 0.15) is 28.7 Å². The minimum Gasteiger partial charge on any atom is -0.497 e. The van der Waals surface area contributed by atoms with Crippen molar-refractivity contribution in [2.24, 2.45) is 0 Å². The molecule has 120 valence electrons. The third-order valence-corrected chi connectivity index (χ3v) is 4.34. The standard InChI is InChI=1S/C20H22O3/c1-13-10-15(12-19(22-3)20(13)23-4)17-7-5-6-14-11-16(21-2)8-9-18(14)17/h7-12H,5-6H2,1-4H3. The Kier molecular flexibility index (Phi) is 4.28. The Balaban J connectivity index is 2.10. The molecule has 3 rings (SSSR count). The first kappa shape index (κ1) is 15.5. The number of ether oxygens (including phenoxy) is 3. The molecule has 0 saturated heterocycles. The Labute approximate surface area is 137 Å².